The number of rotatable bonds is 5. The van der Waals surface area contributed by atoms with Crippen molar-refractivity contribution in [1.29, 1.82) is 0 Å². The number of anilines is 2. The zero-order valence-corrected chi connectivity index (χ0v) is 17.2. The molecule has 0 aliphatic heterocycles. The van der Waals surface area contributed by atoms with E-state index in [0.29, 0.717) is 27.4 Å². The van der Waals surface area contributed by atoms with Gasteiger partial charge in [0.15, 0.2) is 0 Å². The normalized spacial score (nSPS) is 10.8. The van der Waals surface area contributed by atoms with Crippen LogP contribution in [0.5, 0.6) is 5.75 Å². The fourth-order valence-electron chi connectivity index (χ4n) is 2.91. The van der Waals surface area contributed by atoms with Crippen LogP contribution in [0.3, 0.4) is 0 Å². The number of imidazole rings is 1. The van der Waals surface area contributed by atoms with Gasteiger partial charge in [-0.15, -0.1) is 0 Å². The van der Waals surface area contributed by atoms with E-state index in [1.54, 1.807) is 43.9 Å². The van der Waals surface area contributed by atoms with Crippen molar-refractivity contribution in [3.8, 4) is 22.7 Å². The van der Waals surface area contributed by atoms with Crippen LogP contribution < -0.4 is 10.1 Å². The monoisotopic (exact) mass is 425 g/mol. The zero-order valence-electron chi connectivity index (χ0n) is 15.7. The summed E-state index contributed by atoms with van der Waals surface area (Å²) in [7, 11) is 1.63. The van der Waals surface area contributed by atoms with E-state index in [1.165, 1.54) is 0 Å². The highest BCUT2D eigenvalue weighted by Crippen LogP contribution is 2.31. The predicted octanol–water partition coefficient (Wildman–Crippen LogP) is 5.70. The molecule has 0 saturated heterocycles. The summed E-state index contributed by atoms with van der Waals surface area (Å²) in [4.78, 5) is 13.1. The van der Waals surface area contributed by atoms with Gasteiger partial charge in [0.05, 0.1) is 35.5 Å². The van der Waals surface area contributed by atoms with Crippen LogP contribution in [0.2, 0.25) is 10.0 Å². The van der Waals surface area contributed by atoms with E-state index in [1.807, 2.05) is 35.9 Å². The van der Waals surface area contributed by atoms with Gasteiger partial charge in [-0.1, -0.05) is 23.2 Å². The summed E-state index contributed by atoms with van der Waals surface area (Å²) in [6, 6.07) is 12.8. The molecule has 4 aromatic rings. The Balaban J connectivity index is 1.64. The number of ether oxygens (including phenoxy) is 1. The van der Waals surface area contributed by atoms with Crippen molar-refractivity contribution in [1.82, 2.24) is 19.5 Å². The molecule has 0 amide bonds. The lowest BCUT2D eigenvalue weighted by Crippen LogP contribution is -2.00. The van der Waals surface area contributed by atoms with E-state index in [-0.39, 0.29) is 0 Å². The van der Waals surface area contributed by atoms with Crippen molar-refractivity contribution in [2.75, 3.05) is 12.4 Å². The van der Waals surface area contributed by atoms with Crippen molar-refractivity contribution in [3.63, 3.8) is 0 Å². The average molecular weight is 426 g/mol. The van der Waals surface area contributed by atoms with Crippen molar-refractivity contribution < 1.29 is 4.74 Å². The average Bonchev–Trinajstić information content (AvgIpc) is 3.16. The summed E-state index contributed by atoms with van der Waals surface area (Å²) in [6.07, 6.45) is 5.36. The summed E-state index contributed by atoms with van der Waals surface area (Å²) in [5.74, 6) is 1.13. The highest BCUT2D eigenvalue weighted by atomic mass is 35.5. The van der Waals surface area contributed by atoms with Gasteiger partial charge in [0.2, 0.25) is 5.95 Å². The van der Waals surface area contributed by atoms with Crippen LogP contribution in [0.4, 0.5) is 11.6 Å². The number of aryl methyl sites for hydroxylation is 1. The molecule has 2 aromatic carbocycles. The molecule has 2 heterocycles. The first-order chi connectivity index (χ1) is 14.0. The van der Waals surface area contributed by atoms with E-state index in [0.717, 1.165) is 22.6 Å². The number of hydrogen-bond acceptors (Lipinski definition) is 5. The molecule has 0 atom stereocenters. The molecule has 4 rings (SSSR count). The summed E-state index contributed by atoms with van der Waals surface area (Å²) in [5, 5.41) is 4.36. The van der Waals surface area contributed by atoms with E-state index in [4.69, 9.17) is 27.9 Å². The maximum Gasteiger partial charge on any atom is 0.227 e. The summed E-state index contributed by atoms with van der Waals surface area (Å²) >= 11 is 12.4. The van der Waals surface area contributed by atoms with Gasteiger partial charge in [-0.2, -0.15) is 0 Å². The number of hydrogen-bond donors (Lipinski definition) is 1. The topological polar surface area (TPSA) is 64.9 Å². The number of nitrogens with one attached hydrogen (secondary N) is 1. The second-order valence-corrected chi connectivity index (χ2v) is 7.17. The van der Waals surface area contributed by atoms with Crippen molar-refractivity contribution in [2.45, 2.75) is 6.92 Å². The predicted molar refractivity (Wildman–Crippen MR) is 116 cm³/mol. The quantitative estimate of drug-likeness (QED) is 0.444. The van der Waals surface area contributed by atoms with Gasteiger partial charge < -0.3 is 14.6 Å². The Morgan fingerprint density at radius 1 is 1.03 bits per heavy atom. The number of nitrogens with zero attached hydrogens (tertiary/aromatic N) is 4. The highest BCUT2D eigenvalue weighted by molar-refractivity contribution is 6.35. The molecule has 2 aromatic heterocycles. The molecule has 146 valence electrons. The summed E-state index contributed by atoms with van der Waals surface area (Å²) in [6.45, 7) is 1.94. The molecular weight excluding hydrogens is 409 g/mol. The number of halogens is 2. The Hall–Kier alpha value is -3.09. The zero-order chi connectivity index (χ0) is 20.4. The Kier molecular flexibility index (Phi) is 5.38. The van der Waals surface area contributed by atoms with Crippen LogP contribution >= 0.6 is 23.2 Å². The third kappa shape index (κ3) is 4.18. The highest BCUT2D eigenvalue weighted by Gasteiger charge is 2.10. The summed E-state index contributed by atoms with van der Waals surface area (Å²) in [5.41, 5.74) is 4.02. The molecule has 0 saturated carbocycles. The molecule has 6 nitrogen and oxygen atoms in total. The maximum absolute atomic E-state index is 6.30. The Morgan fingerprint density at radius 2 is 1.90 bits per heavy atom. The van der Waals surface area contributed by atoms with Crippen molar-refractivity contribution in [2.24, 2.45) is 0 Å². The molecule has 8 heteroatoms. The largest absolute Gasteiger partial charge is 0.494 e. The molecule has 0 fully saturated rings. The fourth-order valence-corrected chi connectivity index (χ4v) is 3.30. The van der Waals surface area contributed by atoms with Gasteiger partial charge in [0, 0.05) is 34.7 Å². The molecule has 0 spiro atoms. The van der Waals surface area contributed by atoms with Gasteiger partial charge in [-0.3, -0.25) is 0 Å². The van der Waals surface area contributed by atoms with E-state index in [9.17, 15) is 0 Å². The first-order valence-corrected chi connectivity index (χ1v) is 9.53. The Morgan fingerprint density at radius 3 is 2.66 bits per heavy atom. The van der Waals surface area contributed by atoms with E-state index in [2.05, 4.69) is 20.3 Å². The van der Waals surface area contributed by atoms with Crippen LogP contribution in [0, 0.1) is 6.92 Å². The van der Waals surface area contributed by atoms with Gasteiger partial charge >= 0.3 is 0 Å². The van der Waals surface area contributed by atoms with Gasteiger partial charge in [-0.05, 0) is 43.3 Å². The lowest BCUT2D eigenvalue weighted by Gasteiger charge is -2.12. The minimum Gasteiger partial charge on any atom is -0.494 e. The molecule has 0 aliphatic rings. The third-order valence-corrected chi connectivity index (χ3v) is 4.85. The van der Waals surface area contributed by atoms with Crippen molar-refractivity contribution in [3.05, 3.63) is 76.9 Å². The van der Waals surface area contributed by atoms with Crippen LogP contribution in [-0.4, -0.2) is 26.6 Å². The first-order valence-electron chi connectivity index (χ1n) is 8.78. The van der Waals surface area contributed by atoms with E-state index < -0.39 is 0 Å². The SMILES string of the molecule is COc1cc(Nc2nccc(-c3cc(Cl)ccc3Cl)n2)ccc1-n1cnc(C)c1. The third-order valence-electron chi connectivity index (χ3n) is 4.29. The Bertz CT molecular complexity index is 1180. The number of benzene rings is 2. The molecule has 0 unspecified atom stereocenters. The molecule has 0 bridgehead atoms. The maximum atomic E-state index is 6.30. The van der Waals surface area contributed by atoms with Gasteiger partial charge in [0.1, 0.15) is 5.75 Å². The molecule has 0 aliphatic carbocycles. The molecule has 0 radical (unpaired) electrons. The van der Waals surface area contributed by atoms with Crippen LogP contribution in [0.25, 0.3) is 16.9 Å². The Labute approximate surface area is 178 Å². The number of methoxy groups -OCH3 is 1. The van der Waals surface area contributed by atoms with Crippen LogP contribution in [-0.2, 0) is 0 Å². The van der Waals surface area contributed by atoms with Gasteiger partial charge in [-0.25, -0.2) is 15.0 Å². The first kappa shape index (κ1) is 19.2. The molecule has 29 heavy (non-hydrogen) atoms. The lowest BCUT2D eigenvalue weighted by molar-refractivity contribution is 0.413. The van der Waals surface area contributed by atoms with Crippen LogP contribution in [0.1, 0.15) is 5.69 Å². The fraction of sp³-hybridized carbons (Fsp3) is 0.0952. The van der Waals surface area contributed by atoms with Crippen LogP contribution in [0.15, 0.2) is 61.2 Å². The second kappa shape index (κ2) is 8.11. The van der Waals surface area contributed by atoms with Crippen molar-refractivity contribution >= 4 is 34.8 Å². The van der Waals surface area contributed by atoms with E-state index >= 15 is 0 Å². The molecular formula is C21H17Cl2N5O. The minimum absolute atomic E-state index is 0.437. The van der Waals surface area contributed by atoms with Gasteiger partial charge in [0.25, 0.3) is 0 Å². The lowest BCUT2D eigenvalue weighted by atomic mass is 10.1. The standard InChI is InChI=1S/C21H17Cl2N5O/c1-13-11-28(12-25-13)19-6-4-15(10-20(19)29-2)26-21-24-8-7-18(27-21)16-9-14(22)3-5-17(16)23/h3-12H,1-2H3,(H,24,26,27). The summed E-state index contributed by atoms with van der Waals surface area (Å²) < 4.78 is 7.46. The second-order valence-electron chi connectivity index (χ2n) is 6.32. The number of aromatic nitrogens is 4. The minimum atomic E-state index is 0.437. The smallest absolute Gasteiger partial charge is 0.227 e. The molecule has 1 N–H and O–H groups in total.